The predicted octanol–water partition coefficient (Wildman–Crippen LogP) is -4.17. The number of aliphatic carboxylic acids is 1. The fraction of sp³-hybridized carbons (Fsp3) is 0.450. The van der Waals surface area contributed by atoms with Gasteiger partial charge in [-0.25, -0.2) is 0 Å². The van der Waals surface area contributed by atoms with Gasteiger partial charge in [0.25, 0.3) is 47.3 Å². The van der Waals surface area contributed by atoms with Crippen molar-refractivity contribution in [2.45, 2.75) is 38.5 Å². The summed E-state index contributed by atoms with van der Waals surface area (Å²) in [6, 6.07) is 0. The predicted molar refractivity (Wildman–Crippen MR) is 215 cm³/mol. The molecular weight excluding hydrogens is 846 g/mol. The lowest BCUT2D eigenvalue weighted by molar-refractivity contribution is -0.141. The molecule has 24 nitrogen and oxygen atoms in total. The van der Waals surface area contributed by atoms with Gasteiger partial charge >= 0.3 is 5.97 Å². The summed E-state index contributed by atoms with van der Waals surface area (Å²) in [5.74, 6) is -8.83. The highest BCUT2D eigenvalue weighted by Crippen LogP contribution is 2.10. The summed E-state index contributed by atoms with van der Waals surface area (Å²) in [6.07, 6.45) is 6.36. The summed E-state index contributed by atoms with van der Waals surface area (Å²) >= 11 is 0. The second-order valence-corrected chi connectivity index (χ2v) is 14.4. The van der Waals surface area contributed by atoms with E-state index in [1.54, 1.807) is 0 Å². The monoisotopic (exact) mass is 893 g/mol. The molecule has 13 amide bonds. The first kappa shape index (κ1) is 49.0. The molecule has 0 unspecified atom stereocenters. The molecule has 342 valence electrons. The summed E-state index contributed by atoms with van der Waals surface area (Å²) in [6.45, 7) is -1.81. The van der Waals surface area contributed by atoms with E-state index in [9.17, 15) is 67.1 Å². The third-order valence-corrected chi connectivity index (χ3v) is 10.1. The number of carbonyl (C=O) groups is 14. The molecule has 0 bridgehead atoms. The number of carbonyl (C=O) groups excluding carboxylic acids is 13. The molecule has 0 aromatic heterocycles. The molecule has 0 atom stereocenters. The molecule has 0 saturated carbocycles. The number of carboxylic acids is 1. The van der Waals surface area contributed by atoms with Gasteiger partial charge in [-0.2, -0.15) is 0 Å². The molecule has 64 heavy (non-hydrogen) atoms. The Morgan fingerprint density at radius 1 is 0.375 bits per heavy atom. The number of carboxylic acid groups (broad SMARTS) is 1. The molecule has 4 aliphatic heterocycles. The van der Waals surface area contributed by atoms with Gasteiger partial charge in [0.05, 0.1) is 6.42 Å². The molecule has 4 aliphatic rings. The second-order valence-electron chi connectivity index (χ2n) is 14.4. The van der Waals surface area contributed by atoms with Crippen LogP contribution in [0.1, 0.15) is 38.5 Å². The Morgan fingerprint density at radius 2 is 0.609 bits per heavy atom. The van der Waals surface area contributed by atoms with Gasteiger partial charge in [-0.15, -0.1) is 0 Å². The third-order valence-electron chi connectivity index (χ3n) is 10.1. The van der Waals surface area contributed by atoms with Crippen molar-refractivity contribution >= 4 is 82.8 Å². The van der Waals surface area contributed by atoms with Crippen molar-refractivity contribution in [2.75, 3.05) is 78.5 Å². The van der Waals surface area contributed by atoms with Gasteiger partial charge in [-0.3, -0.25) is 86.7 Å². The van der Waals surface area contributed by atoms with Crippen LogP contribution in [-0.4, -0.2) is 201 Å². The maximum absolute atomic E-state index is 13.2. The van der Waals surface area contributed by atoms with Crippen LogP contribution in [-0.2, 0) is 67.1 Å². The van der Waals surface area contributed by atoms with E-state index in [2.05, 4.69) is 10.6 Å². The van der Waals surface area contributed by atoms with Crippen molar-refractivity contribution in [3.05, 3.63) is 48.6 Å². The van der Waals surface area contributed by atoms with Gasteiger partial charge in [-0.05, 0) is 0 Å². The number of imide groups is 4. The Labute approximate surface area is 365 Å². The van der Waals surface area contributed by atoms with E-state index >= 15 is 0 Å². The fourth-order valence-corrected chi connectivity index (χ4v) is 6.54. The summed E-state index contributed by atoms with van der Waals surface area (Å²) < 4.78 is 0. The zero-order chi connectivity index (χ0) is 46.9. The molecule has 0 aliphatic carbocycles. The van der Waals surface area contributed by atoms with Gasteiger partial charge in [0.1, 0.15) is 0 Å². The second kappa shape index (κ2) is 23.5. The SMILES string of the molecule is O=C(O)CCC(=O)N(CCNC(=O)CCC(=O)N(CCN1C(=O)C=CC1=O)CCN1C(=O)C=CC1=O)CCNC(=O)CCC(=O)N(CCN1C(=O)C=CC1=O)CCN1C(=O)C=CC1=O. The smallest absolute Gasteiger partial charge is 0.303 e. The molecule has 0 aromatic carbocycles. The summed E-state index contributed by atoms with van der Waals surface area (Å²) in [7, 11) is 0. The van der Waals surface area contributed by atoms with Crippen LogP contribution in [0.3, 0.4) is 0 Å². The first-order valence-electron chi connectivity index (χ1n) is 20.2. The van der Waals surface area contributed by atoms with Crippen LogP contribution in [0, 0.1) is 0 Å². The fourth-order valence-electron chi connectivity index (χ4n) is 6.54. The van der Waals surface area contributed by atoms with Crippen molar-refractivity contribution in [1.29, 1.82) is 0 Å². The number of nitrogens with zero attached hydrogens (tertiary/aromatic N) is 7. The van der Waals surface area contributed by atoms with Crippen molar-refractivity contribution in [3.63, 3.8) is 0 Å². The zero-order valence-electron chi connectivity index (χ0n) is 34.6. The highest BCUT2D eigenvalue weighted by atomic mass is 16.4. The molecule has 4 rings (SSSR count). The minimum absolute atomic E-state index is 0.124. The largest absolute Gasteiger partial charge is 0.481 e. The molecule has 0 saturated heterocycles. The van der Waals surface area contributed by atoms with E-state index in [1.807, 2.05) is 0 Å². The van der Waals surface area contributed by atoms with Gasteiger partial charge in [-0.1, -0.05) is 0 Å². The van der Waals surface area contributed by atoms with E-state index < -0.39 is 95.6 Å². The molecule has 0 radical (unpaired) electrons. The molecule has 0 aromatic rings. The summed E-state index contributed by atoms with van der Waals surface area (Å²) in [4.78, 5) is 179. The topological polar surface area (TPSA) is 306 Å². The summed E-state index contributed by atoms with van der Waals surface area (Å²) in [5.41, 5.74) is 0. The average molecular weight is 894 g/mol. The zero-order valence-corrected chi connectivity index (χ0v) is 34.6. The Hall–Kier alpha value is -7.66. The van der Waals surface area contributed by atoms with Crippen LogP contribution in [0.25, 0.3) is 0 Å². The van der Waals surface area contributed by atoms with Crippen LogP contribution in [0.2, 0.25) is 0 Å². The van der Waals surface area contributed by atoms with E-state index in [4.69, 9.17) is 5.11 Å². The molecule has 0 spiro atoms. The first-order chi connectivity index (χ1) is 30.4. The van der Waals surface area contributed by atoms with E-state index in [0.29, 0.717) is 0 Å². The standard InChI is InChI=1S/C40H47N9O15/c50-27(1-3-29(52)44(19-23-46-32(55)5-6-33(46)56)20-24-47-34(57)7-8-35(47)58)41-15-17-43(31(54)13-14-40(63)64)18-16-42-28(51)2-4-30(53)45(21-25-48-36(59)9-10-37(48)60)22-26-49-38(61)11-12-39(49)62/h5-12H,1-4,13-26H2,(H,41,50)(H,42,51)(H,63,64). The Bertz CT molecular complexity index is 1800. The molecule has 24 heteroatoms. The van der Waals surface area contributed by atoms with Crippen LogP contribution in [0.5, 0.6) is 0 Å². The van der Waals surface area contributed by atoms with Crippen LogP contribution >= 0.6 is 0 Å². The van der Waals surface area contributed by atoms with Crippen molar-refractivity contribution < 1.29 is 72.2 Å². The maximum Gasteiger partial charge on any atom is 0.303 e. The Balaban J connectivity index is 1.24. The lowest BCUT2D eigenvalue weighted by Gasteiger charge is -2.27. The van der Waals surface area contributed by atoms with Gasteiger partial charge < -0.3 is 30.4 Å². The lowest BCUT2D eigenvalue weighted by atomic mass is 10.2. The normalized spacial score (nSPS) is 15.4. The number of hydrogen-bond donors (Lipinski definition) is 3. The van der Waals surface area contributed by atoms with Crippen LogP contribution in [0.15, 0.2) is 48.6 Å². The number of amides is 13. The van der Waals surface area contributed by atoms with Crippen molar-refractivity contribution in [3.8, 4) is 0 Å². The quantitative estimate of drug-likeness (QED) is 0.0660. The van der Waals surface area contributed by atoms with Gasteiger partial charge in [0, 0.05) is 159 Å². The van der Waals surface area contributed by atoms with Crippen molar-refractivity contribution in [1.82, 2.24) is 44.9 Å². The van der Waals surface area contributed by atoms with Crippen LogP contribution in [0.4, 0.5) is 0 Å². The highest BCUT2D eigenvalue weighted by molar-refractivity contribution is 6.14. The van der Waals surface area contributed by atoms with E-state index in [-0.39, 0.29) is 104 Å². The van der Waals surface area contributed by atoms with Gasteiger partial charge in [0.2, 0.25) is 29.5 Å². The first-order valence-corrected chi connectivity index (χ1v) is 20.2. The number of hydrogen-bond acceptors (Lipinski definition) is 14. The third kappa shape index (κ3) is 14.5. The van der Waals surface area contributed by atoms with E-state index in [1.165, 1.54) is 14.7 Å². The Kier molecular flexibility index (Phi) is 18.0. The Morgan fingerprint density at radius 3 is 0.859 bits per heavy atom. The number of nitrogens with one attached hydrogen (secondary N) is 2. The lowest BCUT2D eigenvalue weighted by Crippen LogP contribution is -2.45. The minimum Gasteiger partial charge on any atom is -0.481 e. The molecular formula is C40H47N9O15. The molecule has 3 N–H and O–H groups in total. The highest BCUT2D eigenvalue weighted by Gasteiger charge is 2.30. The van der Waals surface area contributed by atoms with Crippen LogP contribution < -0.4 is 10.6 Å². The summed E-state index contributed by atoms with van der Waals surface area (Å²) in [5, 5.41) is 14.2. The maximum atomic E-state index is 13.2. The van der Waals surface area contributed by atoms with Crippen molar-refractivity contribution in [2.24, 2.45) is 0 Å². The number of rotatable bonds is 27. The van der Waals surface area contributed by atoms with Gasteiger partial charge in [0.15, 0.2) is 0 Å². The minimum atomic E-state index is -1.23. The molecule has 0 fully saturated rings. The molecule has 4 heterocycles. The average Bonchev–Trinajstić information content (AvgIpc) is 3.97. The van der Waals surface area contributed by atoms with E-state index in [0.717, 1.165) is 68.2 Å².